The molecule has 3 rings (SSSR count). The number of hydrogen-bond donors (Lipinski definition) is 0. The molecular weight excluding hydrogens is 288 g/mol. The van der Waals surface area contributed by atoms with E-state index in [-0.39, 0.29) is 0 Å². The third-order valence-corrected chi connectivity index (χ3v) is 5.26. The van der Waals surface area contributed by atoms with Crippen molar-refractivity contribution in [1.82, 2.24) is 19.7 Å². The Bertz CT molecular complexity index is 499. The van der Waals surface area contributed by atoms with Gasteiger partial charge in [-0.2, -0.15) is 0 Å². The molecule has 0 aromatic carbocycles. The fourth-order valence-corrected chi connectivity index (χ4v) is 3.67. The van der Waals surface area contributed by atoms with Gasteiger partial charge in [-0.3, -0.25) is 14.7 Å². The highest BCUT2D eigenvalue weighted by molar-refractivity contribution is 5.76. The summed E-state index contributed by atoms with van der Waals surface area (Å²) >= 11 is 0. The summed E-state index contributed by atoms with van der Waals surface area (Å²) in [5.41, 5.74) is 1.19. The molecule has 5 nitrogen and oxygen atoms in total. The van der Waals surface area contributed by atoms with Gasteiger partial charge in [0.2, 0.25) is 5.91 Å². The number of pyridine rings is 1. The van der Waals surface area contributed by atoms with Gasteiger partial charge in [0.1, 0.15) is 0 Å². The lowest BCUT2D eigenvalue weighted by molar-refractivity contribution is -0.130. The Balaban J connectivity index is 1.43. The summed E-state index contributed by atoms with van der Waals surface area (Å²) in [5, 5.41) is 0. The topological polar surface area (TPSA) is 39.7 Å². The number of carbonyl (C=O) groups is 1. The Morgan fingerprint density at radius 2 is 1.91 bits per heavy atom. The second kappa shape index (κ2) is 7.88. The molecule has 2 aliphatic rings. The standard InChI is InChI=1S/C18H28N4O/c1-2-20-11-13-21(14-12-20)17-7-10-22(15-17)18(23)4-3-16-5-8-19-9-6-16/h5-6,8-9,17H,2-4,7,10-15H2,1H3. The Kier molecular flexibility index (Phi) is 5.62. The first-order valence-electron chi connectivity index (χ1n) is 8.89. The summed E-state index contributed by atoms with van der Waals surface area (Å²) in [7, 11) is 0. The van der Waals surface area contributed by atoms with Crippen LogP contribution in [0.1, 0.15) is 25.3 Å². The van der Waals surface area contributed by atoms with Crippen LogP contribution in [0.2, 0.25) is 0 Å². The van der Waals surface area contributed by atoms with Crippen LogP contribution in [0.5, 0.6) is 0 Å². The fraction of sp³-hybridized carbons (Fsp3) is 0.667. The largest absolute Gasteiger partial charge is 0.341 e. The van der Waals surface area contributed by atoms with Crippen LogP contribution in [-0.2, 0) is 11.2 Å². The number of nitrogens with zero attached hydrogens (tertiary/aromatic N) is 4. The van der Waals surface area contributed by atoms with Gasteiger partial charge in [-0.15, -0.1) is 0 Å². The molecule has 23 heavy (non-hydrogen) atoms. The SMILES string of the molecule is CCN1CCN(C2CCN(C(=O)CCc3ccncc3)C2)CC1. The highest BCUT2D eigenvalue weighted by Crippen LogP contribution is 2.18. The van der Waals surface area contributed by atoms with Crippen molar-refractivity contribution in [3.63, 3.8) is 0 Å². The van der Waals surface area contributed by atoms with Crippen molar-refractivity contribution in [2.75, 3.05) is 45.8 Å². The molecule has 1 amide bonds. The van der Waals surface area contributed by atoms with E-state index < -0.39 is 0 Å². The molecule has 2 aliphatic heterocycles. The normalized spacial score (nSPS) is 23.3. The average Bonchev–Trinajstić information content (AvgIpc) is 3.11. The van der Waals surface area contributed by atoms with Gasteiger partial charge in [-0.25, -0.2) is 0 Å². The smallest absolute Gasteiger partial charge is 0.222 e. The zero-order valence-electron chi connectivity index (χ0n) is 14.2. The van der Waals surface area contributed by atoms with Gasteiger partial charge in [0.15, 0.2) is 0 Å². The van der Waals surface area contributed by atoms with Crippen molar-refractivity contribution in [2.24, 2.45) is 0 Å². The Morgan fingerprint density at radius 3 is 2.61 bits per heavy atom. The maximum Gasteiger partial charge on any atom is 0.222 e. The van der Waals surface area contributed by atoms with E-state index in [2.05, 4.69) is 26.6 Å². The lowest BCUT2D eigenvalue weighted by Crippen LogP contribution is -2.51. The van der Waals surface area contributed by atoms with Crippen LogP contribution in [0.4, 0.5) is 0 Å². The Labute approximate surface area is 139 Å². The minimum Gasteiger partial charge on any atom is -0.341 e. The first-order valence-corrected chi connectivity index (χ1v) is 8.89. The summed E-state index contributed by atoms with van der Waals surface area (Å²) in [6.07, 6.45) is 6.15. The highest BCUT2D eigenvalue weighted by atomic mass is 16.2. The molecular formula is C18H28N4O. The van der Waals surface area contributed by atoms with E-state index in [4.69, 9.17) is 0 Å². The lowest BCUT2D eigenvalue weighted by Gasteiger charge is -2.37. The number of likely N-dealkylation sites (N-methyl/N-ethyl adjacent to an activating group) is 1. The monoisotopic (exact) mass is 316 g/mol. The zero-order valence-corrected chi connectivity index (χ0v) is 14.2. The van der Waals surface area contributed by atoms with Crippen LogP contribution >= 0.6 is 0 Å². The number of aryl methyl sites for hydroxylation is 1. The Morgan fingerprint density at radius 1 is 1.17 bits per heavy atom. The van der Waals surface area contributed by atoms with Gasteiger partial charge in [0.05, 0.1) is 0 Å². The quantitative estimate of drug-likeness (QED) is 0.820. The van der Waals surface area contributed by atoms with Gasteiger partial charge in [-0.05, 0) is 37.1 Å². The lowest BCUT2D eigenvalue weighted by atomic mass is 10.1. The number of piperazine rings is 1. The van der Waals surface area contributed by atoms with E-state index in [1.54, 1.807) is 12.4 Å². The molecule has 126 valence electrons. The molecule has 2 saturated heterocycles. The number of amides is 1. The minimum absolute atomic E-state index is 0.302. The summed E-state index contributed by atoms with van der Waals surface area (Å²) in [6, 6.07) is 4.56. The molecule has 1 atom stereocenters. The van der Waals surface area contributed by atoms with Crippen molar-refractivity contribution in [1.29, 1.82) is 0 Å². The van der Waals surface area contributed by atoms with Gasteiger partial charge in [0.25, 0.3) is 0 Å². The molecule has 0 bridgehead atoms. The summed E-state index contributed by atoms with van der Waals surface area (Å²) in [6.45, 7) is 9.86. The van der Waals surface area contributed by atoms with Crippen molar-refractivity contribution in [3.8, 4) is 0 Å². The number of rotatable bonds is 5. The van der Waals surface area contributed by atoms with Crippen LogP contribution in [0.3, 0.4) is 0 Å². The van der Waals surface area contributed by atoms with Gasteiger partial charge < -0.3 is 9.80 Å². The molecule has 1 aromatic heterocycles. The molecule has 5 heteroatoms. The third kappa shape index (κ3) is 4.30. The first-order chi connectivity index (χ1) is 11.3. The van der Waals surface area contributed by atoms with Crippen molar-refractivity contribution in [3.05, 3.63) is 30.1 Å². The molecule has 1 unspecified atom stereocenters. The highest BCUT2D eigenvalue weighted by Gasteiger charge is 2.31. The van der Waals surface area contributed by atoms with Crippen molar-refractivity contribution in [2.45, 2.75) is 32.2 Å². The Hall–Kier alpha value is -1.46. The first kappa shape index (κ1) is 16.4. The van der Waals surface area contributed by atoms with Gasteiger partial charge in [-0.1, -0.05) is 6.92 Å². The maximum absolute atomic E-state index is 12.4. The van der Waals surface area contributed by atoms with Crippen molar-refractivity contribution >= 4 is 5.91 Å². The average molecular weight is 316 g/mol. The summed E-state index contributed by atoms with van der Waals surface area (Å²) in [4.78, 5) is 23.6. The van der Waals surface area contributed by atoms with Crippen LogP contribution in [0.15, 0.2) is 24.5 Å². The van der Waals surface area contributed by atoms with Gasteiger partial charge in [0, 0.05) is 64.1 Å². The molecule has 0 aliphatic carbocycles. The molecule has 0 spiro atoms. The van der Waals surface area contributed by atoms with E-state index in [1.165, 1.54) is 18.7 Å². The number of aromatic nitrogens is 1. The van der Waals surface area contributed by atoms with E-state index in [0.29, 0.717) is 18.4 Å². The van der Waals surface area contributed by atoms with Crippen LogP contribution < -0.4 is 0 Å². The van der Waals surface area contributed by atoms with E-state index in [1.807, 2.05) is 12.1 Å². The second-order valence-electron chi connectivity index (χ2n) is 6.61. The molecule has 2 fully saturated rings. The van der Waals surface area contributed by atoms with Crippen LogP contribution in [0.25, 0.3) is 0 Å². The van der Waals surface area contributed by atoms with Gasteiger partial charge >= 0.3 is 0 Å². The van der Waals surface area contributed by atoms with Crippen LogP contribution in [0, 0.1) is 0 Å². The molecule has 1 aromatic rings. The number of hydrogen-bond acceptors (Lipinski definition) is 4. The molecule has 3 heterocycles. The van der Waals surface area contributed by atoms with E-state index in [9.17, 15) is 4.79 Å². The predicted octanol–water partition coefficient (Wildman–Crippen LogP) is 1.25. The molecule has 0 N–H and O–H groups in total. The fourth-order valence-electron chi connectivity index (χ4n) is 3.67. The zero-order chi connectivity index (χ0) is 16.1. The van der Waals surface area contributed by atoms with E-state index >= 15 is 0 Å². The second-order valence-corrected chi connectivity index (χ2v) is 6.61. The summed E-state index contributed by atoms with van der Waals surface area (Å²) < 4.78 is 0. The third-order valence-electron chi connectivity index (χ3n) is 5.26. The predicted molar refractivity (Wildman–Crippen MR) is 91.2 cm³/mol. The number of carbonyl (C=O) groups excluding carboxylic acids is 1. The van der Waals surface area contributed by atoms with E-state index in [0.717, 1.165) is 45.6 Å². The maximum atomic E-state index is 12.4. The number of likely N-dealkylation sites (tertiary alicyclic amines) is 1. The molecule has 0 radical (unpaired) electrons. The van der Waals surface area contributed by atoms with Crippen LogP contribution in [-0.4, -0.2) is 77.4 Å². The minimum atomic E-state index is 0.302. The van der Waals surface area contributed by atoms with Crippen molar-refractivity contribution < 1.29 is 4.79 Å². The summed E-state index contributed by atoms with van der Waals surface area (Å²) in [5.74, 6) is 0.302. The molecule has 0 saturated carbocycles.